The Morgan fingerprint density at radius 2 is 1.85 bits per heavy atom. The summed E-state index contributed by atoms with van der Waals surface area (Å²) in [6.07, 6.45) is 0. The number of amides is 1. The van der Waals surface area contributed by atoms with Crippen molar-refractivity contribution in [3.8, 4) is 11.5 Å². The van der Waals surface area contributed by atoms with Gasteiger partial charge in [0.25, 0.3) is 0 Å². The minimum absolute atomic E-state index is 0.111. The fraction of sp³-hybridized carbons (Fsp3) is 0.167. The first-order valence-corrected chi connectivity index (χ1v) is 9.78. The van der Waals surface area contributed by atoms with Crippen molar-refractivity contribution in [2.75, 3.05) is 30.6 Å². The van der Waals surface area contributed by atoms with Crippen LogP contribution in [-0.2, 0) is 4.79 Å². The molecule has 2 N–H and O–H groups in total. The normalized spacial score (nSPS) is 10.3. The van der Waals surface area contributed by atoms with Crippen molar-refractivity contribution in [2.45, 2.75) is 4.34 Å². The van der Waals surface area contributed by atoms with E-state index in [4.69, 9.17) is 9.47 Å². The van der Waals surface area contributed by atoms with Crippen LogP contribution in [0.25, 0.3) is 0 Å². The smallest absolute Gasteiger partial charge is 0.234 e. The number of ether oxygens (including phenoxy) is 2. The zero-order chi connectivity index (χ0) is 19.1. The second-order valence-corrected chi connectivity index (χ2v) is 7.46. The topological polar surface area (TPSA) is 85.4 Å². The van der Waals surface area contributed by atoms with Crippen molar-refractivity contribution in [1.82, 2.24) is 10.2 Å². The summed E-state index contributed by atoms with van der Waals surface area (Å²) in [4.78, 5) is 12.1. The minimum atomic E-state index is -0.111. The number of thioether (sulfide) groups is 1. The Kier molecular flexibility index (Phi) is 6.50. The maximum atomic E-state index is 12.1. The molecule has 9 heteroatoms. The molecule has 0 bridgehead atoms. The molecule has 0 aliphatic carbocycles. The number of aromatic nitrogens is 2. The summed E-state index contributed by atoms with van der Waals surface area (Å²) in [5.74, 6) is 1.60. The fourth-order valence-electron chi connectivity index (χ4n) is 2.18. The molecule has 1 amide bonds. The van der Waals surface area contributed by atoms with E-state index in [0.717, 1.165) is 22.9 Å². The van der Waals surface area contributed by atoms with E-state index >= 15 is 0 Å². The quantitative estimate of drug-likeness (QED) is 0.550. The summed E-state index contributed by atoms with van der Waals surface area (Å²) in [7, 11) is 3.21. The van der Waals surface area contributed by atoms with E-state index in [1.165, 1.54) is 23.1 Å². The molecule has 0 aliphatic heterocycles. The first-order valence-electron chi connectivity index (χ1n) is 7.98. The van der Waals surface area contributed by atoms with E-state index in [1.807, 2.05) is 24.3 Å². The van der Waals surface area contributed by atoms with Crippen LogP contribution in [0.3, 0.4) is 0 Å². The van der Waals surface area contributed by atoms with E-state index in [-0.39, 0.29) is 11.7 Å². The van der Waals surface area contributed by atoms with Crippen LogP contribution >= 0.6 is 23.1 Å². The lowest BCUT2D eigenvalue weighted by atomic mass is 10.3. The SMILES string of the molecule is COc1ccc(NC(=O)CSc2nnc(Nc3ccccc3OC)s2)cc1. The van der Waals surface area contributed by atoms with Gasteiger partial charge in [0.05, 0.1) is 25.7 Å². The van der Waals surface area contributed by atoms with Gasteiger partial charge in [-0.25, -0.2) is 0 Å². The first kappa shape index (κ1) is 19.0. The molecule has 0 spiro atoms. The number of para-hydroxylation sites is 2. The monoisotopic (exact) mass is 402 g/mol. The van der Waals surface area contributed by atoms with Gasteiger partial charge >= 0.3 is 0 Å². The number of hydrogen-bond acceptors (Lipinski definition) is 8. The number of carbonyl (C=O) groups is 1. The Labute approximate surface area is 165 Å². The van der Waals surface area contributed by atoms with Crippen molar-refractivity contribution >= 4 is 45.5 Å². The molecule has 0 aliphatic rings. The first-order chi connectivity index (χ1) is 13.2. The van der Waals surface area contributed by atoms with Gasteiger partial charge in [-0.3, -0.25) is 4.79 Å². The molecule has 3 rings (SSSR count). The molecular weight excluding hydrogens is 384 g/mol. The molecule has 0 saturated carbocycles. The molecule has 3 aromatic rings. The number of rotatable bonds is 8. The highest BCUT2D eigenvalue weighted by Crippen LogP contribution is 2.31. The van der Waals surface area contributed by atoms with Gasteiger partial charge in [-0.15, -0.1) is 10.2 Å². The number of nitrogens with one attached hydrogen (secondary N) is 2. The maximum absolute atomic E-state index is 12.1. The lowest BCUT2D eigenvalue weighted by molar-refractivity contribution is -0.113. The number of anilines is 3. The van der Waals surface area contributed by atoms with Crippen LogP contribution < -0.4 is 20.1 Å². The predicted molar refractivity (Wildman–Crippen MR) is 109 cm³/mol. The largest absolute Gasteiger partial charge is 0.497 e. The standard InChI is InChI=1S/C18H18N4O3S2/c1-24-13-9-7-12(8-10-13)19-16(23)11-26-18-22-21-17(27-18)20-14-5-3-4-6-15(14)25-2/h3-10H,11H2,1-2H3,(H,19,23)(H,20,21). The van der Waals surface area contributed by atoms with Gasteiger partial charge in [0.15, 0.2) is 4.34 Å². The Bertz CT molecular complexity index is 900. The Balaban J connectivity index is 1.52. The summed E-state index contributed by atoms with van der Waals surface area (Å²) in [5.41, 5.74) is 1.53. The van der Waals surface area contributed by atoms with E-state index in [0.29, 0.717) is 9.47 Å². The van der Waals surface area contributed by atoms with E-state index in [9.17, 15) is 4.79 Å². The molecule has 0 unspecified atom stereocenters. The van der Waals surface area contributed by atoms with Gasteiger partial charge < -0.3 is 20.1 Å². The second-order valence-electron chi connectivity index (χ2n) is 5.26. The number of benzene rings is 2. The molecule has 0 radical (unpaired) electrons. The Morgan fingerprint density at radius 3 is 2.59 bits per heavy atom. The van der Waals surface area contributed by atoms with Crippen molar-refractivity contribution in [1.29, 1.82) is 0 Å². The van der Waals surface area contributed by atoms with Crippen LogP contribution in [0.1, 0.15) is 0 Å². The van der Waals surface area contributed by atoms with Crippen LogP contribution in [0.2, 0.25) is 0 Å². The van der Waals surface area contributed by atoms with E-state index in [1.54, 1.807) is 38.5 Å². The van der Waals surface area contributed by atoms with Gasteiger partial charge in [-0.1, -0.05) is 35.2 Å². The highest BCUT2D eigenvalue weighted by Gasteiger charge is 2.10. The summed E-state index contributed by atoms with van der Waals surface area (Å²) < 4.78 is 11.1. The van der Waals surface area contributed by atoms with Crippen LogP contribution in [0, 0.1) is 0 Å². The molecule has 2 aromatic carbocycles. The number of methoxy groups -OCH3 is 2. The maximum Gasteiger partial charge on any atom is 0.234 e. The van der Waals surface area contributed by atoms with Gasteiger partial charge in [-0.05, 0) is 36.4 Å². The molecule has 1 aromatic heterocycles. The third kappa shape index (κ3) is 5.35. The minimum Gasteiger partial charge on any atom is -0.497 e. The van der Waals surface area contributed by atoms with Crippen molar-refractivity contribution in [3.63, 3.8) is 0 Å². The number of carbonyl (C=O) groups excluding carboxylic acids is 1. The highest BCUT2D eigenvalue weighted by molar-refractivity contribution is 8.01. The van der Waals surface area contributed by atoms with Gasteiger partial charge in [0, 0.05) is 5.69 Å². The molecule has 0 saturated heterocycles. The Morgan fingerprint density at radius 1 is 1.07 bits per heavy atom. The predicted octanol–water partition coefficient (Wildman–Crippen LogP) is 4.03. The summed E-state index contributed by atoms with van der Waals surface area (Å²) in [5, 5.41) is 14.9. The average Bonchev–Trinajstić information content (AvgIpc) is 3.15. The molecule has 27 heavy (non-hydrogen) atoms. The van der Waals surface area contributed by atoms with Crippen LogP contribution in [0.15, 0.2) is 52.9 Å². The zero-order valence-corrected chi connectivity index (χ0v) is 16.4. The van der Waals surface area contributed by atoms with Crippen molar-refractivity contribution in [2.24, 2.45) is 0 Å². The third-order valence-corrected chi connectivity index (χ3v) is 5.43. The van der Waals surface area contributed by atoms with Crippen LogP contribution in [0.4, 0.5) is 16.5 Å². The molecule has 0 atom stereocenters. The molecule has 1 heterocycles. The number of hydrogen-bond donors (Lipinski definition) is 2. The lowest BCUT2D eigenvalue weighted by Gasteiger charge is -2.07. The van der Waals surface area contributed by atoms with E-state index in [2.05, 4.69) is 20.8 Å². The molecule has 140 valence electrons. The van der Waals surface area contributed by atoms with Crippen LogP contribution in [-0.4, -0.2) is 36.1 Å². The summed E-state index contributed by atoms with van der Waals surface area (Å²) in [6, 6.07) is 14.7. The molecule has 0 fully saturated rings. The zero-order valence-electron chi connectivity index (χ0n) is 14.8. The average molecular weight is 403 g/mol. The number of nitrogens with zero attached hydrogens (tertiary/aromatic N) is 2. The van der Waals surface area contributed by atoms with Crippen molar-refractivity contribution in [3.05, 3.63) is 48.5 Å². The summed E-state index contributed by atoms with van der Waals surface area (Å²) >= 11 is 2.71. The van der Waals surface area contributed by atoms with Gasteiger partial charge in [0.1, 0.15) is 11.5 Å². The van der Waals surface area contributed by atoms with Crippen molar-refractivity contribution < 1.29 is 14.3 Å². The fourth-order valence-corrected chi connectivity index (χ4v) is 3.74. The highest BCUT2D eigenvalue weighted by atomic mass is 32.2. The second kappa shape index (κ2) is 9.24. The molecular formula is C18H18N4O3S2. The summed E-state index contributed by atoms with van der Waals surface area (Å²) in [6.45, 7) is 0. The molecule has 7 nitrogen and oxygen atoms in total. The van der Waals surface area contributed by atoms with E-state index < -0.39 is 0 Å². The lowest BCUT2D eigenvalue weighted by Crippen LogP contribution is -2.13. The Hall–Kier alpha value is -2.78. The van der Waals surface area contributed by atoms with Gasteiger partial charge in [0.2, 0.25) is 11.0 Å². The third-order valence-electron chi connectivity index (χ3n) is 3.46. The van der Waals surface area contributed by atoms with Crippen LogP contribution in [0.5, 0.6) is 11.5 Å². The van der Waals surface area contributed by atoms with Gasteiger partial charge in [-0.2, -0.15) is 0 Å².